The second-order valence-corrected chi connectivity index (χ2v) is 13.2. The summed E-state index contributed by atoms with van der Waals surface area (Å²) in [6, 6.07) is 0. The van der Waals surface area contributed by atoms with Crippen molar-refractivity contribution in [2.75, 3.05) is 7.11 Å². The number of methoxy groups -OCH3 is 1. The lowest BCUT2D eigenvalue weighted by molar-refractivity contribution is -0.140. The number of ether oxygens (including phenoxy) is 1. The number of carbonyl (C=O) groups is 1. The summed E-state index contributed by atoms with van der Waals surface area (Å²) in [5.74, 6) is 12.9. The van der Waals surface area contributed by atoms with Crippen LogP contribution in [-0.4, -0.2) is 13.1 Å². The van der Waals surface area contributed by atoms with Crippen LogP contribution in [0.5, 0.6) is 0 Å². The Bertz CT molecular complexity index is 672. The minimum absolute atomic E-state index is 0.0204. The number of carbonyl (C=O) groups excluding carboxylic acids is 1. The maximum absolute atomic E-state index is 11.3. The first kappa shape index (κ1) is 21.0. The zero-order valence-electron chi connectivity index (χ0n) is 20.1. The maximum Gasteiger partial charge on any atom is 0.305 e. The molecule has 12 unspecified atom stereocenters. The van der Waals surface area contributed by atoms with Crippen molar-refractivity contribution >= 4 is 5.97 Å². The molecule has 2 heteroatoms. The lowest BCUT2D eigenvalue weighted by Crippen LogP contribution is -2.00. The summed E-state index contributed by atoms with van der Waals surface area (Å²) < 4.78 is 4.78. The standard InChI is InChI=1S/C29H46O2/c1-3-17-6-19(17)8-21-10-23(21)12-25-14-27(25)16-28-15-26(28)13-24-11-22(24)9-20-7-18(20)4-5-29(30)31-2/h17-28H,3-16H2,1-2H3. The predicted molar refractivity (Wildman–Crippen MR) is 124 cm³/mol. The third-order valence-corrected chi connectivity index (χ3v) is 10.9. The molecule has 0 aliphatic heterocycles. The van der Waals surface area contributed by atoms with Crippen LogP contribution in [0.4, 0.5) is 0 Å². The third-order valence-electron chi connectivity index (χ3n) is 10.9. The van der Waals surface area contributed by atoms with Gasteiger partial charge in [0.2, 0.25) is 0 Å². The van der Waals surface area contributed by atoms with Crippen LogP contribution >= 0.6 is 0 Å². The zero-order chi connectivity index (χ0) is 21.1. The molecule has 0 N–H and O–H groups in total. The molecular weight excluding hydrogens is 380 g/mol. The van der Waals surface area contributed by atoms with Crippen LogP contribution in [-0.2, 0) is 9.53 Å². The molecule has 0 spiro atoms. The first-order valence-electron chi connectivity index (χ1n) is 14.2. The summed E-state index contributed by atoms with van der Waals surface area (Å²) >= 11 is 0. The summed E-state index contributed by atoms with van der Waals surface area (Å²) in [6.45, 7) is 2.39. The Kier molecular flexibility index (Phi) is 5.67. The summed E-state index contributed by atoms with van der Waals surface area (Å²) in [5.41, 5.74) is 0. The van der Waals surface area contributed by atoms with Crippen LogP contribution in [0, 0.1) is 71.0 Å². The van der Waals surface area contributed by atoms with Crippen LogP contribution in [0.1, 0.15) is 96.8 Å². The van der Waals surface area contributed by atoms with Crippen LogP contribution < -0.4 is 0 Å². The summed E-state index contributed by atoms with van der Waals surface area (Å²) in [7, 11) is 1.51. The second kappa shape index (κ2) is 8.35. The van der Waals surface area contributed by atoms with E-state index >= 15 is 0 Å². The van der Waals surface area contributed by atoms with Crippen molar-refractivity contribution in [2.24, 2.45) is 71.0 Å². The molecule has 0 heterocycles. The van der Waals surface area contributed by atoms with Crippen molar-refractivity contribution in [3.05, 3.63) is 0 Å². The molecule has 0 aromatic rings. The van der Waals surface area contributed by atoms with Crippen molar-refractivity contribution in [3.8, 4) is 0 Å². The van der Waals surface area contributed by atoms with Gasteiger partial charge in [-0.2, -0.15) is 0 Å². The highest BCUT2D eigenvalue weighted by atomic mass is 16.5. The van der Waals surface area contributed by atoms with Gasteiger partial charge < -0.3 is 4.74 Å². The van der Waals surface area contributed by atoms with Crippen LogP contribution in [0.2, 0.25) is 0 Å². The van der Waals surface area contributed by atoms with Crippen molar-refractivity contribution < 1.29 is 9.53 Å². The largest absolute Gasteiger partial charge is 0.469 e. The van der Waals surface area contributed by atoms with Crippen LogP contribution in [0.15, 0.2) is 0 Å². The van der Waals surface area contributed by atoms with E-state index in [1.807, 2.05) is 0 Å². The molecule has 6 fully saturated rings. The van der Waals surface area contributed by atoms with Gasteiger partial charge in [0.05, 0.1) is 7.11 Å². The Morgan fingerprint density at radius 3 is 1.26 bits per heavy atom. The quantitative estimate of drug-likeness (QED) is 0.276. The first-order valence-corrected chi connectivity index (χ1v) is 14.2. The summed E-state index contributed by atoms with van der Waals surface area (Å²) in [4.78, 5) is 11.3. The number of hydrogen-bond acceptors (Lipinski definition) is 2. The fourth-order valence-corrected chi connectivity index (χ4v) is 7.95. The molecule has 0 saturated heterocycles. The van der Waals surface area contributed by atoms with Crippen molar-refractivity contribution in [1.82, 2.24) is 0 Å². The SMILES string of the molecule is CCC1CC1CC1CC1CC1CC1CC1CC1CC1CC1CC1CC1CCC(=O)OC. The molecule has 0 radical (unpaired) electrons. The highest BCUT2D eigenvalue weighted by Gasteiger charge is 2.52. The highest BCUT2D eigenvalue weighted by molar-refractivity contribution is 5.69. The number of hydrogen-bond donors (Lipinski definition) is 0. The van der Waals surface area contributed by atoms with E-state index in [2.05, 4.69) is 6.92 Å². The van der Waals surface area contributed by atoms with Gasteiger partial charge in [0, 0.05) is 6.42 Å². The monoisotopic (exact) mass is 426 g/mol. The second-order valence-electron chi connectivity index (χ2n) is 13.2. The first-order chi connectivity index (χ1) is 15.1. The Morgan fingerprint density at radius 2 is 0.903 bits per heavy atom. The van der Waals surface area contributed by atoms with E-state index in [-0.39, 0.29) is 5.97 Å². The molecule has 0 aromatic carbocycles. The maximum atomic E-state index is 11.3. The number of esters is 1. The van der Waals surface area contributed by atoms with Gasteiger partial charge in [-0.05, 0) is 148 Å². The minimum Gasteiger partial charge on any atom is -0.469 e. The minimum atomic E-state index is -0.0204. The average Bonchev–Trinajstić information content (AvgIpc) is 3.59. The summed E-state index contributed by atoms with van der Waals surface area (Å²) in [5, 5.41) is 0. The molecule has 2 nitrogen and oxygen atoms in total. The third kappa shape index (κ3) is 5.35. The van der Waals surface area contributed by atoms with Crippen molar-refractivity contribution in [2.45, 2.75) is 96.8 Å². The van der Waals surface area contributed by atoms with E-state index in [1.165, 1.54) is 32.8 Å². The number of rotatable bonds is 14. The van der Waals surface area contributed by atoms with Gasteiger partial charge in [-0.3, -0.25) is 4.79 Å². The molecule has 31 heavy (non-hydrogen) atoms. The van der Waals surface area contributed by atoms with Gasteiger partial charge in [-0.15, -0.1) is 0 Å². The fraction of sp³-hybridized carbons (Fsp3) is 0.966. The predicted octanol–water partition coefficient (Wildman–Crippen LogP) is 7.12. The van der Waals surface area contributed by atoms with Crippen molar-refractivity contribution in [3.63, 3.8) is 0 Å². The van der Waals surface area contributed by atoms with E-state index in [9.17, 15) is 4.79 Å². The van der Waals surface area contributed by atoms with Crippen LogP contribution in [0.3, 0.4) is 0 Å². The smallest absolute Gasteiger partial charge is 0.305 e. The molecule has 12 atom stereocenters. The fourth-order valence-electron chi connectivity index (χ4n) is 7.95. The lowest BCUT2D eigenvalue weighted by Gasteiger charge is -2.03. The summed E-state index contributed by atoms with van der Waals surface area (Å²) in [6.07, 6.45) is 20.2. The van der Waals surface area contributed by atoms with Gasteiger partial charge >= 0.3 is 5.97 Å². The lowest BCUT2D eigenvalue weighted by atomic mass is 10.0. The molecule has 0 bridgehead atoms. The van der Waals surface area contributed by atoms with E-state index < -0.39 is 0 Å². The van der Waals surface area contributed by atoms with E-state index in [0.29, 0.717) is 6.42 Å². The molecule has 6 aliphatic rings. The molecule has 0 amide bonds. The van der Waals surface area contributed by atoms with Gasteiger partial charge in [0.25, 0.3) is 0 Å². The van der Waals surface area contributed by atoms with E-state index in [1.54, 1.807) is 51.4 Å². The van der Waals surface area contributed by atoms with Crippen LogP contribution in [0.25, 0.3) is 0 Å². The van der Waals surface area contributed by atoms with E-state index in [0.717, 1.165) is 77.4 Å². The van der Waals surface area contributed by atoms with Crippen molar-refractivity contribution in [1.29, 1.82) is 0 Å². The highest BCUT2D eigenvalue weighted by Crippen LogP contribution is 2.62. The topological polar surface area (TPSA) is 26.3 Å². The molecule has 6 rings (SSSR count). The zero-order valence-corrected chi connectivity index (χ0v) is 20.1. The Labute approximate surface area is 190 Å². The molecule has 174 valence electrons. The average molecular weight is 427 g/mol. The van der Waals surface area contributed by atoms with Gasteiger partial charge in [-0.25, -0.2) is 0 Å². The normalized spacial score (nSPS) is 50.6. The molecular formula is C29H46O2. The Morgan fingerprint density at radius 1 is 0.581 bits per heavy atom. The van der Waals surface area contributed by atoms with Gasteiger partial charge in [0.1, 0.15) is 0 Å². The van der Waals surface area contributed by atoms with Gasteiger partial charge in [-0.1, -0.05) is 13.3 Å². The molecule has 6 aliphatic carbocycles. The Balaban J connectivity index is 0.800. The van der Waals surface area contributed by atoms with E-state index in [4.69, 9.17) is 4.74 Å². The molecule has 6 saturated carbocycles. The van der Waals surface area contributed by atoms with Gasteiger partial charge in [0.15, 0.2) is 0 Å². The Hall–Kier alpha value is -0.530. The molecule has 0 aromatic heterocycles.